The van der Waals surface area contributed by atoms with Gasteiger partial charge in [-0.05, 0) is 74.3 Å². The fourth-order valence-corrected chi connectivity index (χ4v) is 6.20. The lowest BCUT2D eigenvalue weighted by atomic mass is 9.53. The molecule has 0 heterocycles. The predicted molar refractivity (Wildman–Crippen MR) is 119 cm³/mol. The van der Waals surface area contributed by atoms with Crippen molar-refractivity contribution in [3.63, 3.8) is 0 Å². The Hall–Kier alpha value is -2.57. The van der Waals surface area contributed by atoms with Crippen molar-refractivity contribution in [2.75, 3.05) is 13.2 Å². The molecular formula is C25H34N2O5. The summed E-state index contributed by atoms with van der Waals surface area (Å²) < 4.78 is 10.7. The third kappa shape index (κ3) is 5.43. The van der Waals surface area contributed by atoms with Crippen LogP contribution in [0.1, 0.15) is 52.4 Å². The van der Waals surface area contributed by atoms with Crippen LogP contribution in [0, 0.1) is 23.7 Å². The van der Waals surface area contributed by atoms with Crippen molar-refractivity contribution in [1.29, 1.82) is 0 Å². The number of nitrogens with one attached hydrogen (secondary N) is 2. The maximum atomic E-state index is 12.6. The number of rotatable bonds is 9. The van der Waals surface area contributed by atoms with Crippen LogP contribution in [0.15, 0.2) is 30.3 Å². The van der Waals surface area contributed by atoms with E-state index in [9.17, 15) is 14.4 Å². The number of ether oxygens (including phenoxy) is 2. The highest BCUT2D eigenvalue weighted by Gasteiger charge is 2.51. The van der Waals surface area contributed by atoms with Gasteiger partial charge in [0.2, 0.25) is 0 Å². The summed E-state index contributed by atoms with van der Waals surface area (Å²) in [5, 5.41) is 5.87. The second-order valence-electron chi connectivity index (χ2n) is 10.2. The van der Waals surface area contributed by atoms with Crippen LogP contribution >= 0.6 is 0 Å². The van der Waals surface area contributed by atoms with E-state index in [-0.39, 0.29) is 30.6 Å². The van der Waals surface area contributed by atoms with Crippen molar-refractivity contribution in [2.24, 2.45) is 23.7 Å². The zero-order valence-electron chi connectivity index (χ0n) is 19.0. The fourth-order valence-electron chi connectivity index (χ4n) is 6.20. The van der Waals surface area contributed by atoms with E-state index in [2.05, 4.69) is 10.6 Å². The molecule has 4 aliphatic rings. The molecule has 1 unspecified atom stereocenters. The Morgan fingerprint density at radius 1 is 0.938 bits per heavy atom. The molecule has 4 saturated carbocycles. The molecule has 4 aliphatic carbocycles. The zero-order valence-corrected chi connectivity index (χ0v) is 19.0. The van der Waals surface area contributed by atoms with Gasteiger partial charge in [-0.15, -0.1) is 0 Å². The molecule has 0 saturated heterocycles. The number of hydrogen-bond acceptors (Lipinski definition) is 5. The summed E-state index contributed by atoms with van der Waals surface area (Å²) in [4.78, 5) is 37.5. The van der Waals surface area contributed by atoms with E-state index in [0.29, 0.717) is 5.75 Å². The summed E-state index contributed by atoms with van der Waals surface area (Å²) in [5.41, 5.74) is -0.112. The monoisotopic (exact) mass is 442 g/mol. The van der Waals surface area contributed by atoms with E-state index >= 15 is 0 Å². The molecule has 2 N–H and O–H groups in total. The van der Waals surface area contributed by atoms with Gasteiger partial charge in [-0.2, -0.15) is 0 Å². The van der Waals surface area contributed by atoms with Gasteiger partial charge in [0.1, 0.15) is 11.8 Å². The van der Waals surface area contributed by atoms with E-state index < -0.39 is 17.9 Å². The van der Waals surface area contributed by atoms with E-state index in [0.717, 1.165) is 37.0 Å². The van der Waals surface area contributed by atoms with Crippen LogP contribution in [-0.4, -0.2) is 42.6 Å². The molecule has 1 atom stereocenters. The molecule has 174 valence electrons. The molecule has 0 aliphatic heterocycles. The smallest absolute Gasteiger partial charge is 0.329 e. The number of carbonyl (C=O) groups is 3. The fraction of sp³-hybridized carbons (Fsp3) is 0.640. The molecule has 32 heavy (non-hydrogen) atoms. The summed E-state index contributed by atoms with van der Waals surface area (Å²) in [5.74, 6) is 1.30. The predicted octanol–water partition coefficient (Wildman–Crippen LogP) is 2.83. The summed E-state index contributed by atoms with van der Waals surface area (Å²) in [6.45, 7) is 3.12. The van der Waals surface area contributed by atoms with Crippen LogP contribution < -0.4 is 15.4 Å². The molecule has 1 aromatic rings. The van der Waals surface area contributed by atoms with Crippen molar-refractivity contribution in [2.45, 2.75) is 64.0 Å². The molecule has 7 nitrogen and oxygen atoms in total. The molecule has 1 aromatic carbocycles. The molecule has 7 heteroatoms. The number of para-hydroxylation sites is 1. The standard InChI is InChI=1S/C25H34N2O5/c1-16(2)23(26-21(28)14-31-20-6-4-3-5-7-20)24(30)32-15-22(29)27-25-11-17-8-18(12-25)10-19(9-17)13-25/h3-7,16-19,23H,8-15H2,1-2H3,(H,26,28)(H,27,29). The summed E-state index contributed by atoms with van der Waals surface area (Å²) in [6, 6.07) is 8.16. The van der Waals surface area contributed by atoms with Crippen molar-refractivity contribution < 1.29 is 23.9 Å². The summed E-state index contributed by atoms with van der Waals surface area (Å²) in [7, 11) is 0. The summed E-state index contributed by atoms with van der Waals surface area (Å²) in [6.07, 6.45) is 7.04. The Morgan fingerprint density at radius 3 is 2.09 bits per heavy atom. The van der Waals surface area contributed by atoms with Crippen LogP contribution in [0.25, 0.3) is 0 Å². The maximum absolute atomic E-state index is 12.6. The lowest BCUT2D eigenvalue weighted by Crippen LogP contribution is -2.60. The molecule has 4 fully saturated rings. The average Bonchev–Trinajstić information content (AvgIpc) is 2.73. The Bertz CT molecular complexity index is 803. The molecule has 4 bridgehead atoms. The Kier molecular flexibility index (Phi) is 6.72. The lowest BCUT2D eigenvalue weighted by molar-refractivity contribution is -0.154. The van der Waals surface area contributed by atoms with Crippen molar-refractivity contribution in [3.05, 3.63) is 30.3 Å². The van der Waals surface area contributed by atoms with Gasteiger partial charge in [0.15, 0.2) is 13.2 Å². The minimum atomic E-state index is -0.839. The van der Waals surface area contributed by atoms with E-state index in [1.54, 1.807) is 12.1 Å². The minimum Gasteiger partial charge on any atom is -0.484 e. The highest BCUT2D eigenvalue weighted by atomic mass is 16.5. The second-order valence-corrected chi connectivity index (χ2v) is 10.2. The quantitative estimate of drug-likeness (QED) is 0.574. The third-order valence-corrected chi connectivity index (χ3v) is 7.14. The van der Waals surface area contributed by atoms with Crippen LogP contribution in [0.4, 0.5) is 0 Å². The van der Waals surface area contributed by atoms with Gasteiger partial charge in [0.25, 0.3) is 11.8 Å². The van der Waals surface area contributed by atoms with Gasteiger partial charge in [-0.3, -0.25) is 9.59 Å². The Morgan fingerprint density at radius 2 is 1.53 bits per heavy atom. The van der Waals surface area contributed by atoms with E-state index in [4.69, 9.17) is 9.47 Å². The van der Waals surface area contributed by atoms with E-state index in [1.807, 2.05) is 32.0 Å². The van der Waals surface area contributed by atoms with Crippen molar-refractivity contribution >= 4 is 17.8 Å². The molecule has 0 radical (unpaired) electrons. The molecule has 0 aromatic heterocycles. The van der Waals surface area contributed by atoms with Gasteiger partial charge in [-0.25, -0.2) is 4.79 Å². The van der Waals surface area contributed by atoms with Crippen LogP contribution in [-0.2, 0) is 19.1 Å². The Balaban J connectivity index is 1.24. The second kappa shape index (κ2) is 9.51. The minimum absolute atomic E-state index is 0.112. The first kappa shape index (κ1) is 22.6. The van der Waals surface area contributed by atoms with Gasteiger partial charge in [-0.1, -0.05) is 32.0 Å². The number of benzene rings is 1. The number of esters is 1. The average molecular weight is 443 g/mol. The number of amides is 2. The molecule has 0 spiro atoms. The van der Waals surface area contributed by atoms with Gasteiger partial charge in [0, 0.05) is 5.54 Å². The first-order valence-electron chi connectivity index (χ1n) is 11.8. The maximum Gasteiger partial charge on any atom is 0.329 e. The number of hydrogen-bond donors (Lipinski definition) is 2. The molecular weight excluding hydrogens is 408 g/mol. The van der Waals surface area contributed by atoms with Crippen molar-refractivity contribution in [3.8, 4) is 5.75 Å². The summed E-state index contributed by atoms with van der Waals surface area (Å²) >= 11 is 0. The first-order valence-corrected chi connectivity index (χ1v) is 11.8. The molecule has 2 amide bonds. The highest BCUT2D eigenvalue weighted by molar-refractivity contribution is 5.87. The SMILES string of the molecule is CC(C)C(NC(=O)COc1ccccc1)C(=O)OCC(=O)NC12CC3CC(CC(C3)C1)C2. The first-order chi connectivity index (χ1) is 15.3. The largest absolute Gasteiger partial charge is 0.484 e. The normalized spacial score (nSPS) is 28.8. The van der Waals surface area contributed by atoms with Crippen molar-refractivity contribution in [1.82, 2.24) is 10.6 Å². The highest BCUT2D eigenvalue weighted by Crippen LogP contribution is 2.55. The third-order valence-electron chi connectivity index (χ3n) is 7.14. The van der Waals surface area contributed by atoms with Crippen LogP contribution in [0.2, 0.25) is 0 Å². The topological polar surface area (TPSA) is 93.7 Å². The lowest BCUT2D eigenvalue weighted by Gasteiger charge is -2.56. The number of carbonyl (C=O) groups excluding carboxylic acids is 3. The van der Waals surface area contributed by atoms with Crippen LogP contribution in [0.5, 0.6) is 5.75 Å². The van der Waals surface area contributed by atoms with Gasteiger partial charge >= 0.3 is 5.97 Å². The van der Waals surface area contributed by atoms with Gasteiger partial charge in [0.05, 0.1) is 0 Å². The zero-order chi connectivity index (χ0) is 22.7. The molecule has 5 rings (SSSR count). The Labute approximate surface area is 189 Å². The van der Waals surface area contributed by atoms with Gasteiger partial charge < -0.3 is 20.1 Å². The van der Waals surface area contributed by atoms with E-state index in [1.165, 1.54) is 19.3 Å². The van der Waals surface area contributed by atoms with Crippen LogP contribution in [0.3, 0.4) is 0 Å².